The van der Waals surface area contributed by atoms with Gasteiger partial charge in [0, 0.05) is 13.1 Å². The molecule has 3 nitrogen and oxygen atoms in total. The first-order valence-electron chi connectivity index (χ1n) is 4.27. The molecule has 0 aromatic heterocycles. The number of likely N-dealkylation sites (tertiary alicyclic amines) is 1. The van der Waals surface area contributed by atoms with Crippen LogP contribution in [0.2, 0.25) is 0 Å². The molecular formula is C8H18N2O. The van der Waals surface area contributed by atoms with E-state index in [2.05, 4.69) is 17.4 Å². The first kappa shape index (κ1) is 8.97. The lowest BCUT2D eigenvalue weighted by atomic mass is 9.99. The second-order valence-electron chi connectivity index (χ2n) is 3.32. The van der Waals surface area contributed by atoms with E-state index in [1.54, 1.807) is 7.11 Å². The van der Waals surface area contributed by atoms with E-state index in [9.17, 15) is 0 Å². The van der Waals surface area contributed by atoms with Crippen molar-refractivity contribution in [2.75, 3.05) is 33.8 Å². The summed E-state index contributed by atoms with van der Waals surface area (Å²) in [6.07, 6.45) is 2.66. The van der Waals surface area contributed by atoms with Crippen LogP contribution < -0.4 is 5.48 Å². The third-order valence-corrected chi connectivity index (χ3v) is 2.24. The minimum Gasteiger partial charge on any atom is -0.306 e. The van der Waals surface area contributed by atoms with Gasteiger partial charge in [-0.25, -0.2) is 5.48 Å². The maximum atomic E-state index is 4.81. The van der Waals surface area contributed by atoms with Crippen LogP contribution in [0.15, 0.2) is 0 Å². The molecule has 1 fully saturated rings. The number of nitrogens with zero attached hydrogens (tertiary/aromatic N) is 1. The summed E-state index contributed by atoms with van der Waals surface area (Å²) in [4.78, 5) is 7.19. The van der Waals surface area contributed by atoms with Crippen LogP contribution in [0.5, 0.6) is 0 Å². The van der Waals surface area contributed by atoms with E-state index >= 15 is 0 Å². The van der Waals surface area contributed by atoms with E-state index in [4.69, 9.17) is 4.84 Å². The topological polar surface area (TPSA) is 24.5 Å². The highest BCUT2D eigenvalue weighted by molar-refractivity contribution is 4.70. The van der Waals surface area contributed by atoms with E-state index in [-0.39, 0.29) is 0 Å². The molecule has 0 spiro atoms. The lowest BCUT2D eigenvalue weighted by Crippen LogP contribution is -2.37. The molecule has 1 aliphatic rings. The molecule has 1 atom stereocenters. The molecule has 0 aromatic rings. The summed E-state index contributed by atoms with van der Waals surface area (Å²) in [5.74, 6) is 0.772. The molecule has 1 rings (SSSR count). The molecule has 0 aliphatic carbocycles. The standard InChI is InChI=1S/C8H18N2O/c1-10-5-3-4-8(7-10)6-9-11-2/h8-9H,3-7H2,1-2H3. The van der Waals surface area contributed by atoms with Crippen molar-refractivity contribution in [2.45, 2.75) is 12.8 Å². The summed E-state index contributed by atoms with van der Waals surface area (Å²) < 4.78 is 0. The summed E-state index contributed by atoms with van der Waals surface area (Å²) >= 11 is 0. The van der Waals surface area contributed by atoms with Crippen molar-refractivity contribution in [3.63, 3.8) is 0 Å². The Morgan fingerprint density at radius 1 is 1.64 bits per heavy atom. The van der Waals surface area contributed by atoms with Gasteiger partial charge in [0.15, 0.2) is 0 Å². The van der Waals surface area contributed by atoms with Crippen molar-refractivity contribution in [2.24, 2.45) is 5.92 Å². The fraction of sp³-hybridized carbons (Fsp3) is 1.00. The van der Waals surface area contributed by atoms with Gasteiger partial charge in [-0.2, -0.15) is 0 Å². The summed E-state index contributed by atoms with van der Waals surface area (Å²) in [5, 5.41) is 0. The molecule has 1 saturated heterocycles. The fourth-order valence-corrected chi connectivity index (χ4v) is 1.64. The Morgan fingerprint density at radius 3 is 3.09 bits per heavy atom. The van der Waals surface area contributed by atoms with Crippen LogP contribution in [-0.4, -0.2) is 38.7 Å². The van der Waals surface area contributed by atoms with Crippen molar-refractivity contribution in [1.29, 1.82) is 0 Å². The Hall–Kier alpha value is -0.120. The van der Waals surface area contributed by atoms with Gasteiger partial charge in [-0.3, -0.25) is 0 Å². The second kappa shape index (κ2) is 4.70. The number of hydrogen-bond donors (Lipinski definition) is 1. The molecule has 0 aromatic carbocycles. The van der Waals surface area contributed by atoms with E-state index in [0.717, 1.165) is 12.5 Å². The van der Waals surface area contributed by atoms with Gasteiger partial charge < -0.3 is 9.74 Å². The second-order valence-corrected chi connectivity index (χ2v) is 3.32. The van der Waals surface area contributed by atoms with Gasteiger partial charge in [-0.15, -0.1) is 0 Å². The minimum absolute atomic E-state index is 0.772. The van der Waals surface area contributed by atoms with Crippen molar-refractivity contribution >= 4 is 0 Å². The highest BCUT2D eigenvalue weighted by atomic mass is 16.6. The van der Waals surface area contributed by atoms with Crippen LogP contribution in [0.25, 0.3) is 0 Å². The number of rotatable bonds is 3. The molecule has 0 radical (unpaired) electrons. The molecule has 1 aliphatic heterocycles. The molecule has 3 heteroatoms. The van der Waals surface area contributed by atoms with E-state index < -0.39 is 0 Å². The number of nitrogens with one attached hydrogen (secondary N) is 1. The zero-order chi connectivity index (χ0) is 8.10. The molecule has 66 valence electrons. The molecule has 0 bridgehead atoms. The third kappa shape index (κ3) is 3.18. The van der Waals surface area contributed by atoms with Crippen molar-refractivity contribution in [1.82, 2.24) is 10.4 Å². The van der Waals surface area contributed by atoms with Gasteiger partial charge in [0.05, 0.1) is 7.11 Å². The zero-order valence-electron chi connectivity index (χ0n) is 7.47. The molecule has 0 saturated carbocycles. The zero-order valence-corrected chi connectivity index (χ0v) is 7.47. The molecule has 1 N–H and O–H groups in total. The van der Waals surface area contributed by atoms with Gasteiger partial charge in [0.1, 0.15) is 0 Å². The predicted octanol–water partition coefficient (Wildman–Crippen LogP) is 0.479. The lowest BCUT2D eigenvalue weighted by molar-refractivity contribution is 0.0667. The molecule has 0 amide bonds. The Labute approximate surface area is 68.7 Å². The van der Waals surface area contributed by atoms with E-state index in [1.807, 2.05) is 0 Å². The van der Waals surface area contributed by atoms with Gasteiger partial charge in [0.25, 0.3) is 0 Å². The molecule has 1 heterocycles. The maximum Gasteiger partial charge on any atom is 0.0572 e. The molecular weight excluding hydrogens is 140 g/mol. The molecule has 1 unspecified atom stereocenters. The lowest BCUT2D eigenvalue weighted by Gasteiger charge is -2.29. The Bertz CT molecular complexity index is 108. The van der Waals surface area contributed by atoms with E-state index in [0.29, 0.717) is 0 Å². The van der Waals surface area contributed by atoms with Crippen LogP contribution in [0.1, 0.15) is 12.8 Å². The summed E-state index contributed by atoms with van der Waals surface area (Å²) in [5.41, 5.74) is 2.91. The minimum atomic E-state index is 0.772. The summed E-state index contributed by atoms with van der Waals surface area (Å²) in [6.45, 7) is 3.45. The van der Waals surface area contributed by atoms with Crippen LogP contribution >= 0.6 is 0 Å². The summed E-state index contributed by atoms with van der Waals surface area (Å²) in [7, 11) is 3.85. The van der Waals surface area contributed by atoms with Gasteiger partial charge in [-0.05, 0) is 32.4 Å². The number of hydroxylamine groups is 1. The predicted molar refractivity (Wildman–Crippen MR) is 45.2 cm³/mol. The largest absolute Gasteiger partial charge is 0.306 e. The number of hydrogen-bond acceptors (Lipinski definition) is 3. The Kier molecular flexibility index (Phi) is 3.83. The normalized spacial score (nSPS) is 27.3. The van der Waals surface area contributed by atoms with Crippen LogP contribution in [0.3, 0.4) is 0 Å². The third-order valence-electron chi connectivity index (χ3n) is 2.24. The van der Waals surface area contributed by atoms with Crippen molar-refractivity contribution in [3.8, 4) is 0 Å². The SMILES string of the molecule is CONCC1CCCN(C)C1. The highest BCUT2D eigenvalue weighted by Crippen LogP contribution is 2.13. The van der Waals surface area contributed by atoms with Gasteiger partial charge in [0.2, 0.25) is 0 Å². The Morgan fingerprint density at radius 2 is 2.45 bits per heavy atom. The maximum absolute atomic E-state index is 4.81. The smallest absolute Gasteiger partial charge is 0.0572 e. The monoisotopic (exact) mass is 158 g/mol. The van der Waals surface area contributed by atoms with Crippen LogP contribution in [-0.2, 0) is 4.84 Å². The summed E-state index contributed by atoms with van der Waals surface area (Å²) in [6, 6.07) is 0. The first-order chi connectivity index (χ1) is 5.33. The molecule has 11 heavy (non-hydrogen) atoms. The van der Waals surface area contributed by atoms with Crippen LogP contribution in [0, 0.1) is 5.92 Å². The number of piperidine rings is 1. The average molecular weight is 158 g/mol. The van der Waals surface area contributed by atoms with Crippen molar-refractivity contribution < 1.29 is 4.84 Å². The fourth-order valence-electron chi connectivity index (χ4n) is 1.64. The van der Waals surface area contributed by atoms with E-state index in [1.165, 1.54) is 25.9 Å². The average Bonchev–Trinajstić information content (AvgIpc) is 2.01. The van der Waals surface area contributed by atoms with Gasteiger partial charge >= 0.3 is 0 Å². The first-order valence-corrected chi connectivity index (χ1v) is 4.27. The quantitative estimate of drug-likeness (QED) is 0.605. The van der Waals surface area contributed by atoms with Gasteiger partial charge in [-0.1, -0.05) is 0 Å². The van der Waals surface area contributed by atoms with Crippen molar-refractivity contribution in [3.05, 3.63) is 0 Å². The highest BCUT2D eigenvalue weighted by Gasteiger charge is 2.16. The van der Waals surface area contributed by atoms with Crippen LogP contribution in [0.4, 0.5) is 0 Å². The Balaban J connectivity index is 2.12.